The zero-order valence-corrected chi connectivity index (χ0v) is 66.7. The Hall–Kier alpha value is -17.5. The van der Waals surface area contributed by atoms with Crippen LogP contribution in [0.4, 0.5) is 59.2 Å². The van der Waals surface area contributed by atoms with Gasteiger partial charge >= 0.3 is 0 Å². The maximum absolute atomic E-state index is 13.9. The molecule has 0 atom stereocenters. The molecule has 0 unspecified atom stereocenters. The topological polar surface area (TPSA) is 413 Å². The van der Waals surface area contributed by atoms with Gasteiger partial charge in [-0.05, 0) is 87.9 Å². The Morgan fingerprint density at radius 3 is 1.01 bits per heavy atom. The van der Waals surface area contributed by atoms with Crippen LogP contribution in [0.2, 0.25) is 0 Å². The predicted octanol–water partition coefficient (Wildman–Crippen LogP) is 18.2. The first-order chi connectivity index (χ1) is 62.1. The molecule has 0 saturated carbocycles. The molecule has 5 N–H and O–H groups in total. The molecule has 33 nitrogen and oxygen atoms in total. The fourth-order valence-electron chi connectivity index (χ4n) is 10.3. The average Bonchev–Trinajstić information content (AvgIpc) is 0.824. The first-order valence-electron chi connectivity index (χ1n) is 37.8. The summed E-state index contributed by atoms with van der Waals surface area (Å²) in [6.07, 6.45) is 26.1. The summed E-state index contributed by atoms with van der Waals surface area (Å²) in [4.78, 5) is 119. The minimum Gasteiger partial charge on any atom is -0.497 e. The molecule has 0 bridgehead atoms. The second-order valence-corrected chi connectivity index (χ2v) is 25.2. The number of nitrogens with one attached hydrogen (secondary N) is 5. The third kappa shape index (κ3) is 29.9. The quantitative estimate of drug-likeness (QED) is 0.0332. The van der Waals surface area contributed by atoms with Crippen molar-refractivity contribution in [3.05, 3.63) is 344 Å². The Morgan fingerprint density at radius 2 is 0.667 bits per heavy atom. The summed E-state index contributed by atoms with van der Waals surface area (Å²) in [5, 5.41) is 12.6. The normalized spacial score (nSPS) is 10.4. The highest BCUT2D eigenvalue weighted by molar-refractivity contribution is 6.06. The number of halogens is 7. The number of aryl methyl sites for hydroxylation is 2. The molecule has 0 radical (unpaired) electrons. The molecule has 10 aromatic heterocycles. The van der Waals surface area contributed by atoms with Gasteiger partial charge in [-0.2, -0.15) is 8.78 Å². The molecular formula is C89H75F7N20O13. The lowest BCUT2D eigenvalue weighted by Crippen LogP contribution is -2.14. The Balaban J connectivity index is 0.000000184. The smallest absolute Gasteiger partial charge is 0.274 e. The monoisotopic (exact) mass is 1770 g/mol. The fourth-order valence-corrected chi connectivity index (χ4v) is 10.3. The number of hydrogen-bond acceptors (Lipinski definition) is 28. The molecule has 10 heterocycles. The first-order valence-corrected chi connectivity index (χ1v) is 36.8. The lowest BCUT2D eigenvalue weighted by atomic mass is 10.2. The number of carbonyl (C=O) groups excluding carboxylic acids is 5. The maximum Gasteiger partial charge on any atom is 0.274 e. The van der Waals surface area contributed by atoms with Crippen LogP contribution >= 0.6 is 0 Å². The number of benzene rings is 5. The number of carbonyl (C=O) groups is 5. The van der Waals surface area contributed by atoms with E-state index in [1.54, 1.807) is 37.3 Å². The van der Waals surface area contributed by atoms with E-state index in [1.807, 2.05) is 13.8 Å². The summed E-state index contributed by atoms with van der Waals surface area (Å²) in [5.41, 5.74) is 2.78. The van der Waals surface area contributed by atoms with Crippen LogP contribution in [-0.2, 0) is 0 Å². The number of ether oxygens (including phenoxy) is 8. The molecule has 129 heavy (non-hydrogen) atoms. The van der Waals surface area contributed by atoms with Crippen molar-refractivity contribution in [3.8, 4) is 74.7 Å². The number of hydrogen-bond donors (Lipinski definition) is 5. The van der Waals surface area contributed by atoms with Crippen LogP contribution in [0.25, 0.3) is 0 Å². The first kappa shape index (κ1) is 92.2. The summed E-state index contributed by atoms with van der Waals surface area (Å²) in [6.45, 7) is 5.21. The second kappa shape index (κ2) is 47.8. The highest BCUT2D eigenvalue weighted by Crippen LogP contribution is 2.34. The zero-order valence-electron chi connectivity index (χ0n) is 68.7. The number of anilines is 5. The molecule has 5 aromatic carbocycles. The second-order valence-electron chi connectivity index (χ2n) is 25.2. The molecule has 0 aliphatic heterocycles. The van der Waals surface area contributed by atoms with Gasteiger partial charge in [0.25, 0.3) is 29.5 Å². The lowest BCUT2D eigenvalue weighted by molar-refractivity contribution is 0.101. The van der Waals surface area contributed by atoms with Crippen LogP contribution in [0.1, 0.15) is 95.1 Å². The summed E-state index contributed by atoms with van der Waals surface area (Å²) >= 11 is 0. The molecule has 658 valence electrons. The molecule has 15 aromatic rings. The van der Waals surface area contributed by atoms with Crippen molar-refractivity contribution in [2.24, 2.45) is 0 Å². The van der Waals surface area contributed by atoms with E-state index in [0.717, 1.165) is 35.9 Å². The van der Waals surface area contributed by atoms with Crippen LogP contribution in [0.15, 0.2) is 264 Å². The van der Waals surface area contributed by atoms with E-state index < -0.39 is 88.3 Å². The van der Waals surface area contributed by atoms with Crippen molar-refractivity contribution in [2.45, 2.75) is 42.5 Å². The van der Waals surface area contributed by atoms with Gasteiger partial charge in [0.05, 0.1) is 85.0 Å². The van der Waals surface area contributed by atoms with E-state index in [-0.39, 0.29) is 106 Å². The minimum atomic E-state index is -1.91. The minimum absolute atomic E-state index is 0. The Kier molecular flexibility index (Phi) is 34.2. The van der Waals surface area contributed by atoms with Gasteiger partial charge in [-0.3, -0.25) is 43.9 Å². The lowest BCUT2D eigenvalue weighted by Gasteiger charge is -2.10. The standard InChI is InChI=1S/2C18H15FN4O3.2C17H12F2N4O2.C17H13FN4O3.2CH4/c2*1-2-25-14-3-4-22-17(8-14)18(24)23-13-5-12(19)6-15(7-13)26-16-9-20-11-21-10-16;1-10-2-3-14(22-6-10)17(24)23-11-4-13(18)16(19)15(5-11)25-12-7-20-9-21-8-12;1-10-3-2-4-14(22-10)17(24)23-11-5-13(18)16(19)15(6-11)25-12-7-20-9-21-8-12;1-24-13-2-3-21-16(7-13)17(23)22-12-4-11(18)5-14(6-12)25-15-8-19-10-20-9-15;;/h2*3-11H,2H2,1H3,(H,23,24);2*2-9H,1H3,(H,23,24);2-10H,1H3,(H,22,23);2*1H4/i2D2;;;;;;. The molecule has 0 fully saturated rings. The predicted molar refractivity (Wildman–Crippen MR) is 455 cm³/mol. The van der Waals surface area contributed by atoms with E-state index in [0.29, 0.717) is 41.0 Å². The summed E-state index contributed by atoms with van der Waals surface area (Å²) in [6, 6.07) is 32.6. The Bertz CT molecular complexity index is 6380. The Labute approximate surface area is 733 Å². The van der Waals surface area contributed by atoms with Gasteiger partial charge in [-0.1, -0.05) is 27.0 Å². The van der Waals surface area contributed by atoms with Crippen LogP contribution < -0.4 is 64.5 Å². The van der Waals surface area contributed by atoms with Crippen LogP contribution in [0, 0.1) is 54.6 Å². The maximum atomic E-state index is 13.9. The summed E-state index contributed by atoms with van der Waals surface area (Å²) in [5.74, 6) is -7.01. The Morgan fingerprint density at radius 1 is 0.333 bits per heavy atom. The van der Waals surface area contributed by atoms with Gasteiger partial charge in [-0.15, -0.1) is 0 Å². The van der Waals surface area contributed by atoms with E-state index in [1.165, 1.54) is 217 Å². The fraction of sp³-hybridized carbons (Fsp3) is 0.101. The van der Waals surface area contributed by atoms with Crippen molar-refractivity contribution >= 4 is 58.0 Å². The molecule has 40 heteroatoms. The largest absolute Gasteiger partial charge is 0.497 e. The van der Waals surface area contributed by atoms with Gasteiger partial charge in [0, 0.05) is 138 Å². The SMILES string of the molecule is C.C.CCOc1ccnc(C(=O)Nc2cc(F)cc(Oc3cncnc3)c2)c1.COc1ccnc(C(=O)Nc2cc(F)cc(Oc3cncnc3)c2)c1.Cc1ccc(C(=O)Nc2cc(F)c(F)c(Oc3cncnc3)c2)nc1.Cc1cccc(C(=O)Nc2cc(F)c(F)c(Oc3cncnc3)c2)n1.[2H]C([2H])(C)Oc1ccnc(C(=O)Nc2cc(F)cc(Oc3cncnc3)c2)c1. The van der Waals surface area contributed by atoms with Crippen LogP contribution in [-0.4, -0.2) is 125 Å². The van der Waals surface area contributed by atoms with E-state index in [9.17, 15) is 54.7 Å². The van der Waals surface area contributed by atoms with Gasteiger partial charge in [-0.25, -0.2) is 76.8 Å². The number of rotatable bonds is 25. The number of aromatic nitrogens is 15. The van der Waals surface area contributed by atoms with Crippen molar-refractivity contribution in [3.63, 3.8) is 0 Å². The van der Waals surface area contributed by atoms with E-state index >= 15 is 0 Å². The van der Waals surface area contributed by atoms with Gasteiger partial charge < -0.3 is 64.5 Å². The average molecular weight is 1770 g/mol. The molecule has 5 amide bonds. The number of pyridine rings is 5. The summed E-state index contributed by atoms with van der Waals surface area (Å²) in [7, 11) is 1.49. The zero-order chi connectivity index (χ0) is 91.8. The van der Waals surface area contributed by atoms with Crippen LogP contribution in [0.5, 0.6) is 74.7 Å². The summed E-state index contributed by atoms with van der Waals surface area (Å²) < 4.78 is 154. The van der Waals surface area contributed by atoms with Crippen molar-refractivity contribution in [2.75, 3.05) is 46.9 Å². The third-order valence-electron chi connectivity index (χ3n) is 15.7. The molecule has 0 spiro atoms. The molecule has 0 aliphatic rings. The van der Waals surface area contributed by atoms with Gasteiger partial charge in [0.2, 0.25) is 11.6 Å². The van der Waals surface area contributed by atoms with Gasteiger partial charge in [0.15, 0.2) is 51.9 Å². The van der Waals surface area contributed by atoms with Crippen molar-refractivity contribution in [1.29, 1.82) is 0 Å². The molecule has 0 aliphatic carbocycles. The molecule has 0 saturated heterocycles. The van der Waals surface area contributed by atoms with E-state index in [4.69, 9.17) is 40.6 Å². The highest BCUT2D eigenvalue weighted by atomic mass is 19.2. The van der Waals surface area contributed by atoms with Crippen molar-refractivity contribution in [1.82, 2.24) is 74.8 Å². The van der Waals surface area contributed by atoms with Crippen molar-refractivity contribution < 1.29 is 95.3 Å². The number of nitrogens with zero attached hydrogens (tertiary/aromatic N) is 15. The van der Waals surface area contributed by atoms with E-state index in [2.05, 4.69) is 101 Å². The number of methoxy groups -OCH3 is 1. The third-order valence-corrected chi connectivity index (χ3v) is 15.7. The number of amides is 5. The highest BCUT2D eigenvalue weighted by Gasteiger charge is 2.21. The van der Waals surface area contributed by atoms with Crippen LogP contribution in [0.3, 0.4) is 0 Å². The molecular weight excluding hydrogens is 1690 g/mol. The molecule has 15 rings (SSSR count). The van der Waals surface area contributed by atoms with Gasteiger partial charge in [0.1, 0.15) is 112 Å².